The van der Waals surface area contributed by atoms with Crippen LogP contribution in [0.1, 0.15) is 11.1 Å². The van der Waals surface area contributed by atoms with Crippen LogP contribution in [0.5, 0.6) is 11.5 Å². The second-order valence-corrected chi connectivity index (χ2v) is 11.6. The molecule has 0 aliphatic carbocycles. The Morgan fingerprint density at radius 3 is 1.07 bits per heavy atom. The molecule has 0 atom stereocenters. The average Bonchev–Trinajstić information content (AvgIpc) is 3.06. The van der Waals surface area contributed by atoms with Crippen LogP contribution >= 0.6 is 0 Å². The Morgan fingerprint density at radius 1 is 0.467 bits per heavy atom. The van der Waals surface area contributed by atoms with Crippen molar-refractivity contribution in [2.45, 2.75) is 13.2 Å². The lowest BCUT2D eigenvalue weighted by atomic mass is 9.55. The van der Waals surface area contributed by atoms with Crippen LogP contribution in [-0.2, 0) is 27.3 Å². The van der Waals surface area contributed by atoms with E-state index < -0.39 is 0 Å². The third-order valence-corrected chi connectivity index (χ3v) is 7.59. The van der Waals surface area contributed by atoms with Crippen molar-refractivity contribution in [1.82, 2.24) is 9.80 Å². The molecule has 0 fully saturated rings. The van der Waals surface area contributed by atoms with Gasteiger partial charge in [0.25, 0.3) is 0 Å². The van der Waals surface area contributed by atoms with Crippen LogP contribution in [0.2, 0.25) is 0 Å². The smallest absolute Gasteiger partial charge is 0.361 e. The SMILES string of the molecule is COc1ccc(B(OCCN(C)C)c2ccc(COCc3ccc(B(OCCN(C)C)c4ccc(OC)cc4)cc3)cc2)cc1. The number of hydrogen-bond donors (Lipinski definition) is 0. The second kappa shape index (κ2) is 17.8. The van der Waals surface area contributed by atoms with E-state index in [2.05, 4.69) is 111 Å². The fraction of sp³-hybridized carbons (Fsp3) is 0.333. The number of nitrogens with zero attached hydrogens (tertiary/aromatic N) is 2. The van der Waals surface area contributed by atoms with Crippen molar-refractivity contribution in [3.63, 3.8) is 0 Å². The summed E-state index contributed by atoms with van der Waals surface area (Å²) >= 11 is 0. The van der Waals surface area contributed by atoms with Gasteiger partial charge in [-0.3, -0.25) is 0 Å². The van der Waals surface area contributed by atoms with E-state index in [1.165, 1.54) is 0 Å². The predicted molar refractivity (Wildman–Crippen MR) is 186 cm³/mol. The van der Waals surface area contributed by atoms with Crippen molar-refractivity contribution < 1.29 is 23.5 Å². The number of likely N-dealkylation sites (N-methyl/N-ethyl adjacent to an activating group) is 2. The molecule has 0 amide bonds. The van der Waals surface area contributed by atoms with E-state index in [0.29, 0.717) is 26.4 Å². The van der Waals surface area contributed by atoms with Gasteiger partial charge in [0.1, 0.15) is 11.5 Å². The first kappa shape index (κ1) is 34.3. The van der Waals surface area contributed by atoms with Gasteiger partial charge in [-0.2, -0.15) is 0 Å². The quantitative estimate of drug-likeness (QED) is 0.161. The number of methoxy groups -OCH3 is 2. The van der Waals surface area contributed by atoms with E-state index in [1.807, 2.05) is 24.3 Å². The highest BCUT2D eigenvalue weighted by Gasteiger charge is 2.23. The molecule has 4 rings (SSSR count). The van der Waals surface area contributed by atoms with E-state index in [9.17, 15) is 0 Å². The lowest BCUT2D eigenvalue weighted by Crippen LogP contribution is -2.46. The topological polar surface area (TPSA) is 52.6 Å². The van der Waals surface area contributed by atoms with Gasteiger partial charge in [-0.25, -0.2) is 0 Å². The third kappa shape index (κ3) is 10.8. The number of ether oxygens (including phenoxy) is 3. The molecule has 0 saturated carbocycles. The molecule has 9 heteroatoms. The summed E-state index contributed by atoms with van der Waals surface area (Å²) in [5, 5.41) is 0. The minimum Gasteiger partial charge on any atom is -0.497 e. The van der Waals surface area contributed by atoms with Crippen LogP contribution in [0, 0.1) is 0 Å². The molecule has 236 valence electrons. The minimum atomic E-state index is -0.155. The summed E-state index contributed by atoms with van der Waals surface area (Å²) < 4.78 is 29.5. The first-order chi connectivity index (χ1) is 21.9. The molecule has 7 nitrogen and oxygen atoms in total. The van der Waals surface area contributed by atoms with Crippen LogP contribution in [0.15, 0.2) is 97.1 Å². The van der Waals surface area contributed by atoms with Crippen LogP contribution in [0.4, 0.5) is 0 Å². The molecule has 0 unspecified atom stereocenters. The lowest BCUT2D eigenvalue weighted by molar-refractivity contribution is 0.107. The molecule has 4 aromatic carbocycles. The van der Waals surface area contributed by atoms with Gasteiger partial charge >= 0.3 is 13.8 Å². The normalized spacial score (nSPS) is 11.2. The Hall–Kier alpha value is -3.59. The van der Waals surface area contributed by atoms with E-state index >= 15 is 0 Å². The Morgan fingerprint density at radius 2 is 0.778 bits per heavy atom. The summed E-state index contributed by atoms with van der Waals surface area (Å²) in [5.41, 5.74) is 6.64. The summed E-state index contributed by atoms with van der Waals surface area (Å²) in [7, 11) is 11.6. The summed E-state index contributed by atoms with van der Waals surface area (Å²) in [6.07, 6.45) is 0. The van der Waals surface area contributed by atoms with Crippen molar-refractivity contribution in [3.8, 4) is 11.5 Å². The van der Waals surface area contributed by atoms with Gasteiger partial charge in [0.05, 0.1) is 27.4 Å². The molecule has 0 N–H and O–H groups in total. The Bertz CT molecular complexity index is 1290. The number of hydrogen-bond acceptors (Lipinski definition) is 7. The summed E-state index contributed by atoms with van der Waals surface area (Å²) in [5.74, 6) is 1.66. The molecule has 0 aliphatic heterocycles. The van der Waals surface area contributed by atoms with Gasteiger partial charge in [0.2, 0.25) is 0 Å². The molecule has 0 bridgehead atoms. The zero-order valence-corrected chi connectivity index (χ0v) is 27.6. The van der Waals surface area contributed by atoms with Gasteiger partial charge in [-0.15, -0.1) is 0 Å². The Labute approximate surface area is 270 Å². The highest BCUT2D eigenvalue weighted by Crippen LogP contribution is 2.10. The third-order valence-electron chi connectivity index (χ3n) is 7.59. The first-order valence-electron chi connectivity index (χ1n) is 15.4. The van der Waals surface area contributed by atoms with Crippen LogP contribution in [0.25, 0.3) is 0 Å². The van der Waals surface area contributed by atoms with Crippen molar-refractivity contribution in [2.24, 2.45) is 0 Å². The van der Waals surface area contributed by atoms with Gasteiger partial charge in [0.15, 0.2) is 0 Å². The van der Waals surface area contributed by atoms with Crippen LogP contribution in [-0.4, -0.2) is 92.3 Å². The summed E-state index contributed by atoms with van der Waals surface area (Å²) in [6, 6.07) is 33.2. The summed E-state index contributed by atoms with van der Waals surface area (Å²) in [4.78, 5) is 4.25. The molecule has 0 aliphatic rings. The molecule has 0 heterocycles. The van der Waals surface area contributed by atoms with Crippen LogP contribution in [0.3, 0.4) is 0 Å². The van der Waals surface area contributed by atoms with E-state index in [0.717, 1.165) is 57.6 Å². The monoisotopic (exact) mass is 608 g/mol. The highest BCUT2D eigenvalue weighted by atomic mass is 16.5. The molecular formula is C36H46B2N2O5. The molecule has 4 aromatic rings. The fourth-order valence-corrected chi connectivity index (χ4v) is 4.90. The van der Waals surface area contributed by atoms with Gasteiger partial charge in [0, 0.05) is 26.3 Å². The van der Waals surface area contributed by atoms with Crippen LogP contribution < -0.4 is 31.3 Å². The molecule has 0 spiro atoms. The standard InChI is InChI=1S/C36H46B2N2O5/c1-39(2)23-25-44-37(33-15-19-35(41-5)20-16-33)31-11-7-29(8-12-31)27-43-28-30-9-13-32(14-10-30)38(45-26-24-40(3)4)34-17-21-36(42-6)22-18-34/h7-22H,23-28H2,1-6H3. The molecule has 0 radical (unpaired) electrons. The highest BCUT2D eigenvalue weighted by molar-refractivity contribution is 6.80. The zero-order valence-electron chi connectivity index (χ0n) is 27.6. The minimum absolute atomic E-state index is 0.155. The molecular weight excluding hydrogens is 562 g/mol. The molecule has 0 saturated heterocycles. The average molecular weight is 608 g/mol. The Balaban J connectivity index is 1.36. The van der Waals surface area contributed by atoms with Crippen molar-refractivity contribution in [2.75, 3.05) is 68.7 Å². The zero-order chi connectivity index (χ0) is 32.0. The second-order valence-electron chi connectivity index (χ2n) is 11.6. The molecule has 45 heavy (non-hydrogen) atoms. The van der Waals surface area contributed by atoms with Gasteiger partial charge < -0.3 is 33.3 Å². The maximum Gasteiger partial charge on any atom is 0.361 e. The van der Waals surface area contributed by atoms with Gasteiger partial charge in [-0.1, -0.05) is 72.8 Å². The number of benzene rings is 4. The van der Waals surface area contributed by atoms with Gasteiger partial charge in [-0.05, 0) is 85.4 Å². The fourth-order valence-electron chi connectivity index (χ4n) is 4.90. The molecule has 0 aromatic heterocycles. The number of rotatable bonds is 18. The Kier molecular flexibility index (Phi) is 13.5. The maximum absolute atomic E-state index is 6.34. The van der Waals surface area contributed by atoms with Crippen molar-refractivity contribution in [1.29, 1.82) is 0 Å². The maximum atomic E-state index is 6.34. The van der Waals surface area contributed by atoms with Crippen molar-refractivity contribution >= 4 is 35.7 Å². The van der Waals surface area contributed by atoms with E-state index in [1.54, 1.807) is 14.2 Å². The first-order valence-corrected chi connectivity index (χ1v) is 15.4. The lowest BCUT2D eigenvalue weighted by Gasteiger charge is -2.18. The largest absolute Gasteiger partial charge is 0.497 e. The van der Waals surface area contributed by atoms with Crippen molar-refractivity contribution in [3.05, 3.63) is 108 Å². The predicted octanol–water partition coefficient (Wildman–Crippen LogP) is 2.79. The summed E-state index contributed by atoms with van der Waals surface area (Å²) in [6.45, 7) is 3.72. The van der Waals surface area contributed by atoms with E-state index in [4.69, 9.17) is 23.5 Å². The van der Waals surface area contributed by atoms with E-state index in [-0.39, 0.29) is 13.8 Å².